The Morgan fingerprint density at radius 1 is 1.44 bits per heavy atom. The molecule has 0 spiro atoms. The maximum Gasteiger partial charge on any atom is 0.169 e. The Labute approximate surface area is 105 Å². The van der Waals surface area contributed by atoms with Crippen molar-refractivity contribution in [2.75, 3.05) is 5.32 Å². The molecule has 0 aliphatic carbocycles. The lowest BCUT2D eigenvalue weighted by atomic mass is 10.5. The molecule has 84 valence electrons. The Balaban J connectivity index is 2.07. The molecule has 2 aromatic heterocycles. The predicted octanol–water partition coefficient (Wildman–Crippen LogP) is 1.63. The number of halogens is 2. The predicted molar refractivity (Wildman–Crippen MR) is 63.1 cm³/mol. The second-order valence-corrected chi connectivity index (χ2v) is 4.17. The smallest absolute Gasteiger partial charge is 0.169 e. The van der Waals surface area contributed by atoms with Gasteiger partial charge in [0.25, 0.3) is 0 Å². The van der Waals surface area contributed by atoms with Gasteiger partial charge in [0.15, 0.2) is 5.82 Å². The molecule has 0 radical (unpaired) electrons. The number of nitrogens with zero attached hydrogens (tertiary/aromatic N) is 5. The summed E-state index contributed by atoms with van der Waals surface area (Å²) in [4.78, 5) is 12.0. The second-order valence-electron chi connectivity index (χ2n) is 3.02. The highest BCUT2D eigenvalue weighted by molar-refractivity contribution is 9.10. The third-order valence-corrected chi connectivity index (χ3v) is 3.07. The van der Waals surface area contributed by atoms with E-state index in [0.717, 1.165) is 0 Å². The molecule has 0 aromatic carbocycles. The van der Waals surface area contributed by atoms with Crippen LogP contribution in [0.5, 0.6) is 0 Å². The molecule has 2 aromatic rings. The number of hydrogen-bond donors (Lipinski definition) is 1. The molecule has 2 rings (SSSR count). The van der Waals surface area contributed by atoms with Gasteiger partial charge in [-0.25, -0.2) is 15.0 Å². The highest BCUT2D eigenvalue weighted by Gasteiger charge is 2.07. The van der Waals surface area contributed by atoms with Gasteiger partial charge in [0.2, 0.25) is 0 Å². The van der Waals surface area contributed by atoms with Gasteiger partial charge in [0.1, 0.15) is 23.6 Å². The van der Waals surface area contributed by atoms with E-state index in [-0.39, 0.29) is 0 Å². The minimum atomic E-state index is 0.367. The third kappa shape index (κ3) is 2.48. The number of hydrogen-bond acceptors (Lipinski definition) is 5. The van der Waals surface area contributed by atoms with Gasteiger partial charge in [-0.1, -0.05) is 11.6 Å². The lowest BCUT2D eigenvalue weighted by molar-refractivity contribution is 0.747. The first-order chi connectivity index (χ1) is 7.66. The molecule has 16 heavy (non-hydrogen) atoms. The van der Waals surface area contributed by atoms with Crippen molar-refractivity contribution in [2.45, 2.75) is 6.54 Å². The highest BCUT2D eigenvalue weighted by Crippen LogP contribution is 2.25. The first-order valence-electron chi connectivity index (χ1n) is 4.41. The van der Waals surface area contributed by atoms with E-state index < -0.39 is 0 Å². The summed E-state index contributed by atoms with van der Waals surface area (Å²) in [7, 11) is 1.81. The molecular weight excluding hydrogens is 295 g/mol. The van der Waals surface area contributed by atoms with Crippen LogP contribution in [-0.2, 0) is 13.6 Å². The Morgan fingerprint density at radius 2 is 2.25 bits per heavy atom. The zero-order valence-corrected chi connectivity index (χ0v) is 10.7. The first kappa shape index (κ1) is 11.3. The molecule has 0 atom stereocenters. The molecule has 0 amide bonds. The van der Waals surface area contributed by atoms with E-state index >= 15 is 0 Å². The normalized spacial score (nSPS) is 10.4. The summed E-state index contributed by atoms with van der Waals surface area (Å²) in [5, 5.41) is 7.56. The lowest BCUT2D eigenvalue weighted by Crippen LogP contribution is -2.05. The molecule has 8 heteroatoms. The summed E-state index contributed by atoms with van der Waals surface area (Å²) in [6.45, 7) is 0.479. The van der Waals surface area contributed by atoms with Crippen molar-refractivity contribution in [3.05, 3.63) is 28.1 Å². The summed E-state index contributed by atoms with van der Waals surface area (Å²) in [5.41, 5.74) is 0. The largest absolute Gasteiger partial charge is 0.362 e. The SMILES string of the molecule is Cn1cnc(CNc2ncnc(Cl)c2Br)n1. The van der Waals surface area contributed by atoms with Crippen LogP contribution in [0, 0.1) is 0 Å². The molecule has 0 unspecified atom stereocenters. The van der Waals surface area contributed by atoms with E-state index in [9.17, 15) is 0 Å². The van der Waals surface area contributed by atoms with Gasteiger partial charge in [0, 0.05) is 7.05 Å². The molecule has 0 aliphatic rings. The molecule has 0 saturated carbocycles. The summed E-state index contributed by atoms with van der Waals surface area (Å²) in [6, 6.07) is 0. The van der Waals surface area contributed by atoms with Gasteiger partial charge in [-0.05, 0) is 15.9 Å². The summed E-state index contributed by atoms with van der Waals surface area (Å²) < 4.78 is 2.27. The topological polar surface area (TPSA) is 68.5 Å². The van der Waals surface area contributed by atoms with Gasteiger partial charge in [-0.15, -0.1) is 0 Å². The third-order valence-electron chi connectivity index (χ3n) is 1.81. The Bertz CT molecular complexity index is 499. The van der Waals surface area contributed by atoms with E-state index in [2.05, 4.69) is 41.3 Å². The molecule has 6 nitrogen and oxygen atoms in total. The van der Waals surface area contributed by atoms with Crippen LogP contribution in [0.25, 0.3) is 0 Å². The van der Waals surface area contributed by atoms with Crippen molar-refractivity contribution in [3.63, 3.8) is 0 Å². The van der Waals surface area contributed by atoms with Crippen LogP contribution in [0.1, 0.15) is 5.82 Å². The van der Waals surface area contributed by atoms with Crippen molar-refractivity contribution >= 4 is 33.3 Å². The van der Waals surface area contributed by atoms with Gasteiger partial charge in [-0.3, -0.25) is 4.68 Å². The van der Waals surface area contributed by atoms with Crippen molar-refractivity contribution < 1.29 is 0 Å². The van der Waals surface area contributed by atoms with Crippen LogP contribution in [0.4, 0.5) is 5.82 Å². The fourth-order valence-electron chi connectivity index (χ4n) is 1.10. The van der Waals surface area contributed by atoms with Gasteiger partial charge < -0.3 is 5.32 Å². The van der Waals surface area contributed by atoms with Crippen LogP contribution in [0.15, 0.2) is 17.1 Å². The van der Waals surface area contributed by atoms with Gasteiger partial charge in [0.05, 0.1) is 11.0 Å². The van der Waals surface area contributed by atoms with Crippen molar-refractivity contribution in [1.29, 1.82) is 0 Å². The molecule has 2 heterocycles. The fraction of sp³-hybridized carbons (Fsp3) is 0.250. The van der Waals surface area contributed by atoms with Gasteiger partial charge >= 0.3 is 0 Å². The van der Waals surface area contributed by atoms with Crippen LogP contribution in [0.3, 0.4) is 0 Å². The standard InChI is InChI=1S/C8H8BrClN6/c1-16-4-14-5(15-16)2-11-8-6(9)7(10)12-3-13-8/h3-4H,2H2,1H3,(H,11,12,13). The van der Waals surface area contributed by atoms with Gasteiger partial charge in [-0.2, -0.15) is 5.10 Å². The fourth-order valence-corrected chi connectivity index (χ4v) is 1.58. The summed E-state index contributed by atoms with van der Waals surface area (Å²) >= 11 is 9.12. The first-order valence-corrected chi connectivity index (χ1v) is 5.58. The average Bonchev–Trinajstić information content (AvgIpc) is 2.67. The number of aromatic nitrogens is 5. The summed E-state index contributed by atoms with van der Waals surface area (Å²) in [5.74, 6) is 1.30. The zero-order chi connectivity index (χ0) is 11.5. The van der Waals surface area contributed by atoms with E-state index in [1.807, 2.05) is 7.05 Å². The van der Waals surface area contributed by atoms with Crippen LogP contribution in [0.2, 0.25) is 5.15 Å². The van der Waals surface area contributed by atoms with E-state index in [0.29, 0.717) is 27.8 Å². The average molecular weight is 304 g/mol. The highest BCUT2D eigenvalue weighted by atomic mass is 79.9. The van der Waals surface area contributed by atoms with E-state index in [4.69, 9.17) is 11.6 Å². The lowest BCUT2D eigenvalue weighted by Gasteiger charge is -2.05. The maximum absolute atomic E-state index is 5.83. The Morgan fingerprint density at radius 3 is 2.94 bits per heavy atom. The molecule has 0 aliphatic heterocycles. The van der Waals surface area contributed by atoms with Crippen molar-refractivity contribution in [1.82, 2.24) is 24.7 Å². The monoisotopic (exact) mass is 302 g/mol. The molecule has 0 fully saturated rings. The number of nitrogens with one attached hydrogen (secondary N) is 1. The zero-order valence-electron chi connectivity index (χ0n) is 8.35. The Hall–Kier alpha value is -1.21. The van der Waals surface area contributed by atoms with Crippen LogP contribution in [-0.4, -0.2) is 24.7 Å². The summed E-state index contributed by atoms with van der Waals surface area (Å²) in [6.07, 6.45) is 3.03. The molecular formula is C8H8BrClN6. The van der Waals surface area contributed by atoms with E-state index in [1.165, 1.54) is 6.33 Å². The second kappa shape index (κ2) is 4.75. The minimum absolute atomic E-state index is 0.367. The van der Waals surface area contributed by atoms with Crippen molar-refractivity contribution in [3.8, 4) is 0 Å². The number of anilines is 1. The molecule has 1 N–H and O–H groups in total. The van der Waals surface area contributed by atoms with E-state index in [1.54, 1.807) is 11.0 Å². The minimum Gasteiger partial charge on any atom is -0.362 e. The number of rotatable bonds is 3. The number of aryl methyl sites for hydroxylation is 1. The quantitative estimate of drug-likeness (QED) is 0.873. The molecule has 0 bridgehead atoms. The Kier molecular flexibility index (Phi) is 3.35. The molecule has 0 saturated heterocycles. The van der Waals surface area contributed by atoms with Crippen molar-refractivity contribution in [2.24, 2.45) is 7.05 Å². The maximum atomic E-state index is 5.83. The van der Waals surface area contributed by atoms with Crippen LogP contribution < -0.4 is 5.32 Å². The van der Waals surface area contributed by atoms with Crippen LogP contribution >= 0.6 is 27.5 Å².